The van der Waals surface area contributed by atoms with Crippen molar-refractivity contribution in [3.63, 3.8) is 0 Å². The van der Waals surface area contributed by atoms with Crippen molar-refractivity contribution in [2.45, 2.75) is 0 Å². The Kier molecular flexibility index (Phi) is 0.978. The minimum atomic E-state index is 0.0654. The number of rotatable bonds is 0. The Bertz CT molecular complexity index is 310. The Morgan fingerprint density at radius 2 is 2.20 bits per heavy atom. The van der Waals surface area contributed by atoms with Gasteiger partial charge in [0.25, 0.3) is 0 Å². The molecule has 1 radical (unpaired) electrons. The molecule has 1 aliphatic rings. The molecule has 0 unspecified atom stereocenters. The summed E-state index contributed by atoms with van der Waals surface area (Å²) in [4.78, 5) is 10.9. The average molecular weight is 129 g/mol. The van der Waals surface area contributed by atoms with Crippen LogP contribution in [0.5, 0.6) is 0 Å². The molecule has 0 fully saturated rings. The second-order valence-electron chi connectivity index (χ2n) is 2.20. The van der Waals surface area contributed by atoms with Gasteiger partial charge < -0.3 is 0 Å². The van der Waals surface area contributed by atoms with Gasteiger partial charge in [-0.1, -0.05) is 24.3 Å². The van der Waals surface area contributed by atoms with Crippen LogP contribution in [0.15, 0.2) is 24.3 Å². The zero-order chi connectivity index (χ0) is 6.97. The van der Waals surface area contributed by atoms with Gasteiger partial charge >= 0.3 is 0 Å². The quantitative estimate of drug-likeness (QED) is 0.521. The third-order valence-electron chi connectivity index (χ3n) is 1.55. The maximum atomic E-state index is 10.9. The van der Waals surface area contributed by atoms with Gasteiger partial charge in [-0.25, -0.2) is 0 Å². The van der Waals surface area contributed by atoms with Crippen molar-refractivity contribution < 1.29 is 4.79 Å². The number of benzene rings is 1. The smallest absolute Gasteiger partial charge is 0.187 e. The van der Waals surface area contributed by atoms with E-state index in [1.165, 1.54) is 0 Å². The topological polar surface area (TPSA) is 17.1 Å². The summed E-state index contributed by atoms with van der Waals surface area (Å²) < 4.78 is 0. The van der Waals surface area contributed by atoms with E-state index in [0.29, 0.717) is 5.56 Å². The van der Waals surface area contributed by atoms with E-state index in [9.17, 15) is 4.79 Å². The Hall–Kier alpha value is -1.37. The third-order valence-corrected chi connectivity index (χ3v) is 1.55. The molecule has 0 N–H and O–H groups in total. The maximum Gasteiger partial charge on any atom is 0.187 e. The van der Waals surface area contributed by atoms with Gasteiger partial charge in [0.15, 0.2) is 5.78 Å². The molecule has 1 nitrogen and oxygen atoms in total. The van der Waals surface area contributed by atoms with Crippen LogP contribution in [0.1, 0.15) is 15.9 Å². The summed E-state index contributed by atoms with van der Waals surface area (Å²) >= 11 is 0. The normalized spacial score (nSPS) is 13.8. The Morgan fingerprint density at radius 1 is 1.30 bits per heavy atom. The summed E-state index contributed by atoms with van der Waals surface area (Å²) in [5, 5.41) is 0. The third kappa shape index (κ3) is 0.605. The Morgan fingerprint density at radius 3 is 3.00 bits per heavy atom. The Labute approximate surface area is 59.0 Å². The number of allylic oxidation sites excluding steroid dienone is 1. The van der Waals surface area contributed by atoms with E-state index in [2.05, 4.69) is 6.07 Å². The first-order chi connectivity index (χ1) is 4.88. The predicted molar refractivity (Wildman–Crippen MR) is 38.6 cm³/mol. The number of ketones is 1. The van der Waals surface area contributed by atoms with E-state index in [0.717, 1.165) is 5.56 Å². The van der Waals surface area contributed by atoms with Crippen LogP contribution in [0, 0.1) is 6.07 Å². The fourth-order valence-electron chi connectivity index (χ4n) is 1.05. The molecule has 0 amide bonds. The van der Waals surface area contributed by atoms with Gasteiger partial charge in [-0.3, -0.25) is 4.79 Å². The molecule has 1 aromatic carbocycles. The lowest BCUT2D eigenvalue weighted by Crippen LogP contribution is -1.89. The molecular formula is C9H5O. The highest BCUT2D eigenvalue weighted by molar-refractivity contribution is 6.13. The molecule has 10 heavy (non-hydrogen) atoms. The van der Waals surface area contributed by atoms with Crippen LogP contribution in [0.25, 0.3) is 6.08 Å². The van der Waals surface area contributed by atoms with Gasteiger partial charge in [-0.15, -0.1) is 0 Å². The summed E-state index contributed by atoms with van der Waals surface area (Å²) in [6, 6.07) is 8.43. The van der Waals surface area contributed by atoms with E-state index in [4.69, 9.17) is 0 Å². The standard InChI is InChI=1S/C9H5O/c10-9-6-5-7-3-1-2-4-8(7)9/h1-3,5-6H. The summed E-state index contributed by atoms with van der Waals surface area (Å²) in [7, 11) is 0. The van der Waals surface area contributed by atoms with E-state index < -0.39 is 0 Å². The van der Waals surface area contributed by atoms with Gasteiger partial charge in [0, 0.05) is 5.56 Å². The van der Waals surface area contributed by atoms with Crippen molar-refractivity contribution in [2.75, 3.05) is 0 Å². The highest BCUT2D eigenvalue weighted by Crippen LogP contribution is 2.17. The predicted octanol–water partition coefficient (Wildman–Crippen LogP) is 1.70. The van der Waals surface area contributed by atoms with Crippen molar-refractivity contribution in [1.29, 1.82) is 0 Å². The molecule has 2 rings (SSSR count). The lowest BCUT2D eigenvalue weighted by Gasteiger charge is -1.91. The number of hydrogen-bond donors (Lipinski definition) is 0. The molecule has 0 atom stereocenters. The second kappa shape index (κ2) is 1.81. The van der Waals surface area contributed by atoms with Gasteiger partial charge in [0.1, 0.15) is 0 Å². The minimum Gasteiger partial charge on any atom is -0.289 e. The number of carbonyl (C=O) groups is 1. The molecule has 0 spiro atoms. The fourth-order valence-corrected chi connectivity index (χ4v) is 1.05. The largest absolute Gasteiger partial charge is 0.289 e. The zero-order valence-corrected chi connectivity index (χ0v) is 5.29. The number of carbonyl (C=O) groups excluding carboxylic acids is 1. The molecule has 1 aliphatic carbocycles. The van der Waals surface area contributed by atoms with Crippen molar-refractivity contribution in [3.05, 3.63) is 41.5 Å². The SMILES string of the molecule is O=C1C=Cc2ccc[c]c21. The summed E-state index contributed by atoms with van der Waals surface area (Å²) in [5.74, 6) is 0.0654. The highest BCUT2D eigenvalue weighted by Gasteiger charge is 2.11. The molecule has 0 saturated carbocycles. The number of hydrogen-bond acceptors (Lipinski definition) is 1. The lowest BCUT2D eigenvalue weighted by molar-refractivity contribution is 0.105. The van der Waals surface area contributed by atoms with Crippen LogP contribution in [-0.2, 0) is 0 Å². The van der Waals surface area contributed by atoms with Crippen LogP contribution in [0.3, 0.4) is 0 Å². The van der Waals surface area contributed by atoms with Crippen LogP contribution in [0.2, 0.25) is 0 Å². The summed E-state index contributed by atoms with van der Waals surface area (Å²) in [6.45, 7) is 0. The van der Waals surface area contributed by atoms with Crippen molar-refractivity contribution in [1.82, 2.24) is 0 Å². The summed E-state index contributed by atoms with van der Waals surface area (Å²) in [5.41, 5.74) is 1.68. The first-order valence-corrected chi connectivity index (χ1v) is 3.11. The van der Waals surface area contributed by atoms with Gasteiger partial charge in [0.05, 0.1) is 0 Å². The van der Waals surface area contributed by atoms with Crippen LogP contribution < -0.4 is 0 Å². The average Bonchev–Trinajstić information content (AvgIpc) is 2.34. The van der Waals surface area contributed by atoms with Crippen LogP contribution in [0.4, 0.5) is 0 Å². The minimum absolute atomic E-state index is 0.0654. The van der Waals surface area contributed by atoms with Gasteiger partial charge in [-0.2, -0.15) is 0 Å². The highest BCUT2D eigenvalue weighted by atomic mass is 16.1. The summed E-state index contributed by atoms with van der Waals surface area (Å²) in [6.07, 6.45) is 3.38. The fraction of sp³-hybridized carbons (Fsp3) is 0. The van der Waals surface area contributed by atoms with Gasteiger partial charge in [0.2, 0.25) is 0 Å². The van der Waals surface area contributed by atoms with Crippen LogP contribution >= 0.6 is 0 Å². The van der Waals surface area contributed by atoms with E-state index >= 15 is 0 Å². The molecule has 47 valence electrons. The number of fused-ring (bicyclic) bond motifs is 1. The molecule has 0 bridgehead atoms. The molecule has 0 aromatic heterocycles. The van der Waals surface area contributed by atoms with E-state index in [-0.39, 0.29) is 5.78 Å². The molecular weight excluding hydrogens is 124 g/mol. The monoisotopic (exact) mass is 129 g/mol. The Balaban J connectivity index is 2.70. The molecule has 0 aliphatic heterocycles. The maximum absolute atomic E-state index is 10.9. The second-order valence-corrected chi connectivity index (χ2v) is 2.20. The molecule has 0 saturated heterocycles. The molecule has 1 aromatic rings. The molecule has 1 heteroatoms. The zero-order valence-electron chi connectivity index (χ0n) is 5.29. The molecule has 0 heterocycles. The van der Waals surface area contributed by atoms with Crippen molar-refractivity contribution in [2.24, 2.45) is 0 Å². The van der Waals surface area contributed by atoms with E-state index in [1.807, 2.05) is 18.2 Å². The first-order valence-electron chi connectivity index (χ1n) is 3.11. The van der Waals surface area contributed by atoms with Crippen LogP contribution in [-0.4, -0.2) is 5.78 Å². The first kappa shape index (κ1) is 5.42. The van der Waals surface area contributed by atoms with Crippen molar-refractivity contribution >= 4 is 11.9 Å². The van der Waals surface area contributed by atoms with Crippen molar-refractivity contribution in [3.8, 4) is 0 Å². The lowest BCUT2D eigenvalue weighted by atomic mass is 10.1. The van der Waals surface area contributed by atoms with E-state index in [1.54, 1.807) is 12.1 Å². The van der Waals surface area contributed by atoms with Gasteiger partial charge in [-0.05, 0) is 17.7 Å².